The van der Waals surface area contributed by atoms with E-state index >= 15 is 4.39 Å². The minimum Gasteiger partial charge on any atom is -0.481 e. The van der Waals surface area contributed by atoms with Crippen molar-refractivity contribution in [3.8, 4) is 11.1 Å². The van der Waals surface area contributed by atoms with Crippen LogP contribution in [0.15, 0.2) is 36.4 Å². The second kappa shape index (κ2) is 15.1. The first kappa shape index (κ1) is 37.2. The van der Waals surface area contributed by atoms with Gasteiger partial charge in [0.25, 0.3) is 5.91 Å². The third-order valence-electron chi connectivity index (χ3n) is 10.2. The molecular formula is C39H49ClFN5O4. The number of aromatic nitrogens is 1. The highest BCUT2D eigenvalue weighted by molar-refractivity contribution is 6.30. The van der Waals surface area contributed by atoms with Gasteiger partial charge in [-0.05, 0) is 137 Å². The molecule has 0 unspecified atom stereocenters. The number of hydrogen-bond donors (Lipinski definition) is 3. The molecule has 2 aromatic carbocycles. The molecule has 11 heteroatoms. The second-order valence-corrected chi connectivity index (χ2v) is 15.4. The zero-order chi connectivity index (χ0) is 36.5. The molecule has 2 aliphatic rings. The summed E-state index contributed by atoms with van der Waals surface area (Å²) in [6, 6.07) is 8.27. The Morgan fingerprint density at radius 3 is 2.20 bits per heavy atom. The number of carboxylic acid groups (broad SMARTS) is 1. The van der Waals surface area contributed by atoms with Crippen LogP contribution in [0.5, 0.6) is 0 Å². The summed E-state index contributed by atoms with van der Waals surface area (Å²) in [4.78, 5) is 48.9. The maximum atomic E-state index is 15.8. The number of aryl methyl sites for hydroxylation is 4. The molecule has 9 nitrogen and oxygen atoms in total. The highest BCUT2D eigenvalue weighted by atomic mass is 35.5. The summed E-state index contributed by atoms with van der Waals surface area (Å²) < 4.78 is 15.8. The quantitative estimate of drug-likeness (QED) is 0.202. The van der Waals surface area contributed by atoms with E-state index in [-0.39, 0.29) is 29.0 Å². The van der Waals surface area contributed by atoms with Crippen LogP contribution in [0.1, 0.15) is 83.9 Å². The number of aliphatic carboxylic acids is 1. The van der Waals surface area contributed by atoms with Crippen LogP contribution in [0.25, 0.3) is 11.1 Å². The van der Waals surface area contributed by atoms with Gasteiger partial charge in [-0.25, -0.2) is 9.37 Å². The van der Waals surface area contributed by atoms with Crippen LogP contribution in [-0.4, -0.2) is 72.0 Å². The van der Waals surface area contributed by atoms with Gasteiger partial charge in [0, 0.05) is 29.1 Å². The fourth-order valence-electron chi connectivity index (χ4n) is 7.47. The van der Waals surface area contributed by atoms with Gasteiger partial charge in [-0.2, -0.15) is 0 Å². The average molecular weight is 706 g/mol. The highest BCUT2D eigenvalue weighted by Gasteiger charge is 2.45. The Balaban J connectivity index is 1.37. The molecular weight excluding hydrogens is 657 g/mol. The van der Waals surface area contributed by atoms with E-state index in [1.807, 2.05) is 52.8 Å². The van der Waals surface area contributed by atoms with Crippen LogP contribution in [0.3, 0.4) is 0 Å². The van der Waals surface area contributed by atoms with E-state index in [2.05, 4.69) is 27.5 Å². The zero-order valence-corrected chi connectivity index (χ0v) is 30.9. The molecule has 2 fully saturated rings. The molecule has 1 aromatic heterocycles. The number of likely N-dealkylation sites (tertiary alicyclic amines) is 1. The van der Waals surface area contributed by atoms with Crippen LogP contribution in [-0.2, 0) is 9.59 Å². The lowest BCUT2D eigenvalue weighted by Crippen LogP contribution is -2.60. The monoisotopic (exact) mass is 705 g/mol. The first-order valence-corrected chi connectivity index (χ1v) is 17.7. The number of amides is 2. The molecule has 2 atom stereocenters. The summed E-state index contributed by atoms with van der Waals surface area (Å²) in [5.74, 6) is -2.13. The van der Waals surface area contributed by atoms with Gasteiger partial charge in [0.2, 0.25) is 5.91 Å². The summed E-state index contributed by atoms with van der Waals surface area (Å²) >= 11 is 6.26. The predicted molar refractivity (Wildman–Crippen MR) is 195 cm³/mol. The van der Waals surface area contributed by atoms with Crippen LogP contribution < -0.4 is 15.5 Å². The van der Waals surface area contributed by atoms with Crippen molar-refractivity contribution in [1.29, 1.82) is 0 Å². The van der Waals surface area contributed by atoms with E-state index in [1.54, 1.807) is 25.1 Å². The van der Waals surface area contributed by atoms with Gasteiger partial charge in [0.15, 0.2) is 0 Å². The number of piperidine rings is 1. The van der Waals surface area contributed by atoms with Gasteiger partial charge >= 0.3 is 5.97 Å². The SMILES string of the molecule is Cc1ccc(C(=O)N[C@@H](CC(C)C)C(=O)N[C@@H](CC(=O)O)c2cc(-c3c(C)cc(Cl)cc3C)cc(C)c2F)nc1N1CC2(CCN(C)CC2)C1. The molecule has 5 rings (SSSR count). The molecule has 268 valence electrons. The Morgan fingerprint density at radius 1 is 0.960 bits per heavy atom. The molecule has 3 heterocycles. The summed E-state index contributed by atoms with van der Waals surface area (Å²) in [6.45, 7) is 15.2. The van der Waals surface area contributed by atoms with E-state index < -0.39 is 42.1 Å². The van der Waals surface area contributed by atoms with E-state index in [0.717, 1.165) is 67.1 Å². The maximum absolute atomic E-state index is 15.8. The molecule has 2 amide bonds. The van der Waals surface area contributed by atoms with E-state index in [0.29, 0.717) is 16.1 Å². The van der Waals surface area contributed by atoms with Crippen LogP contribution >= 0.6 is 11.6 Å². The number of hydrogen-bond acceptors (Lipinski definition) is 6. The molecule has 3 aromatic rings. The number of rotatable bonds is 11. The Labute approximate surface area is 299 Å². The van der Waals surface area contributed by atoms with Crippen molar-refractivity contribution in [3.63, 3.8) is 0 Å². The average Bonchev–Trinajstić information content (AvgIpc) is 3.01. The van der Waals surface area contributed by atoms with E-state index in [4.69, 9.17) is 16.6 Å². The van der Waals surface area contributed by atoms with Crippen LogP contribution in [0, 0.1) is 44.8 Å². The minimum atomic E-state index is -1.20. The number of carboxylic acids is 1. The first-order valence-electron chi connectivity index (χ1n) is 17.4. The number of nitrogens with one attached hydrogen (secondary N) is 2. The Bertz CT molecular complexity index is 1760. The fourth-order valence-corrected chi connectivity index (χ4v) is 7.80. The molecule has 0 bridgehead atoms. The van der Waals surface area contributed by atoms with Crippen LogP contribution in [0.4, 0.5) is 10.2 Å². The molecule has 2 saturated heterocycles. The predicted octanol–water partition coefficient (Wildman–Crippen LogP) is 6.78. The van der Waals surface area contributed by atoms with Gasteiger partial charge in [-0.3, -0.25) is 14.4 Å². The lowest BCUT2D eigenvalue weighted by atomic mass is 9.72. The third kappa shape index (κ3) is 8.29. The lowest BCUT2D eigenvalue weighted by Gasteiger charge is -2.54. The summed E-state index contributed by atoms with van der Waals surface area (Å²) in [6.07, 6.45) is 2.01. The standard InChI is InChI=1S/C39H49ClFN5O4/c1-22(2)14-32(44-37(49)30-9-8-23(3)36(42-30)46-20-39(21-46)10-12-45(7)13-11-39)38(50)43-31(19-33(47)48)29-18-27(15-26(6)35(29)41)34-24(4)16-28(40)17-25(34)5/h8-9,15-18,22,31-32H,10-14,19-21H2,1-7H3,(H,43,50)(H,44,49)(H,47,48)/t31-,32-/m0/s1. The van der Waals surface area contributed by atoms with Gasteiger partial charge in [-0.1, -0.05) is 31.5 Å². The number of pyridine rings is 1. The van der Waals surface area contributed by atoms with Crippen molar-refractivity contribution in [1.82, 2.24) is 20.5 Å². The zero-order valence-electron chi connectivity index (χ0n) is 30.1. The Kier molecular flexibility index (Phi) is 11.2. The number of carbonyl (C=O) groups is 3. The lowest BCUT2D eigenvalue weighted by molar-refractivity contribution is -0.137. The maximum Gasteiger partial charge on any atom is 0.305 e. The van der Waals surface area contributed by atoms with Crippen molar-refractivity contribution in [2.75, 3.05) is 38.1 Å². The highest BCUT2D eigenvalue weighted by Crippen LogP contribution is 2.42. The second-order valence-electron chi connectivity index (χ2n) is 14.9. The fraction of sp³-hybridized carbons (Fsp3) is 0.487. The topological polar surface area (TPSA) is 115 Å². The van der Waals surface area contributed by atoms with Gasteiger partial charge in [-0.15, -0.1) is 0 Å². The van der Waals surface area contributed by atoms with Gasteiger partial charge in [0.1, 0.15) is 23.4 Å². The number of nitrogens with zero attached hydrogens (tertiary/aromatic N) is 3. The number of anilines is 1. The molecule has 2 aliphatic heterocycles. The van der Waals surface area contributed by atoms with E-state index in [9.17, 15) is 19.5 Å². The van der Waals surface area contributed by atoms with Crippen molar-refractivity contribution in [3.05, 3.63) is 80.7 Å². The smallest absolute Gasteiger partial charge is 0.305 e. The summed E-state index contributed by atoms with van der Waals surface area (Å²) in [5, 5.41) is 16.0. The molecule has 3 N–H and O–H groups in total. The third-order valence-corrected chi connectivity index (χ3v) is 10.4. The van der Waals surface area contributed by atoms with Gasteiger partial charge in [0.05, 0.1) is 12.5 Å². The summed E-state index contributed by atoms with van der Waals surface area (Å²) in [7, 11) is 2.15. The Hall–Kier alpha value is -4.02. The Morgan fingerprint density at radius 2 is 1.60 bits per heavy atom. The molecule has 1 spiro atoms. The molecule has 50 heavy (non-hydrogen) atoms. The molecule has 0 saturated carbocycles. The normalized spacial score (nSPS) is 17.0. The van der Waals surface area contributed by atoms with Crippen molar-refractivity contribution < 1.29 is 23.9 Å². The van der Waals surface area contributed by atoms with E-state index in [1.165, 1.54) is 0 Å². The van der Waals surface area contributed by atoms with Crippen molar-refractivity contribution in [2.24, 2.45) is 11.3 Å². The number of benzene rings is 2. The van der Waals surface area contributed by atoms with Gasteiger partial charge < -0.3 is 25.5 Å². The minimum absolute atomic E-state index is 0.00971. The largest absolute Gasteiger partial charge is 0.481 e. The van der Waals surface area contributed by atoms with Crippen LogP contribution in [0.2, 0.25) is 5.02 Å². The number of halogens is 2. The van der Waals surface area contributed by atoms with Crippen molar-refractivity contribution >= 4 is 35.2 Å². The van der Waals surface area contributed by atoms with Crippen molar-refractivity contribution in [2.45, 2.75) is 79.3 Å². The molecule has 0 radical (unpaired) electrons. The summed E-state index contributed by atoms with van der Waals surface area (Å²) in [5.41, 5.74) is 5.14. The number of carbonyl (C=O) groups excluding carboxylic acids is 2. The molecule has 0 aliphatic carbocycles. The first-order chi connectivity index (χ1) is 23.6.